The van der Waals surface area contributed by atoms with Crippen LogP contribution in [0.3, 0.4) is 0 Å². The number of nitrogens with zero attached hydrogens (tertiary/aromatic N) is 4. The molecule has 1 N–H and O–H groups in total. The maximum Gasteiger partial charge on any atom is 0.321 e. The third kappa shape index (κ3) is 5.37. The molecule has 2 aliphatic heterocycles. The number of hydrogen-bond donors (Lipinski definition) is 1. The zero-order valence-corrected chi connectivity index (χ0v) is 19.0. The molecule has 0 saturated carbocycles. The number of piperazine rings is 1. The summed E-state index contributed by atoms with van der Waals surface area (Å²) in [5.41, 5.74) is 1.73. The molecule has 1 aromatic heterocycles. The lowest BCUT2D eigenvalue weighted by molar-refractivity contribution is -0.152. The summed E-state index contributed by atoms with van der Waals surface area (Å²) in [6.45, 7) is 4.84. The Balaban J connectivity index is 1.25. The quantitative estimate of drug-likeness (QED) is 0.714. The number of benzene rings is 1. The summed E-state index contributed by atoms with van der Waals surface area (Å²) in [5, 5.41) is 4.92. The van der Waals surface area contributed by atoms with Crippen molar-refractivity contribution in [2.45, 2.75) is 29.0 Å². The Morgan fingerprint density at radius 2 is 1.48 bits per heavy atom. The highest BCUT2D eigenvalue weighted by atomic mass is 32.2. The highest BCUT2D eigenvalue weighted by Gasteiger charge is 2.31. The molecule has 8 nitrogen and oxygen atoms in total. The Morgan fingerprint density at radius 1 is 0.903 bits per heavy atom. The SMILES string of the molecule is Cc1csc(Sc2ccc(NC(=O)N3CCN(C(=O)C(=O)N4CCCC4)CC3)cc2)n1. The summed E-state index contributed by atoms with van der Waals surface area (Å²) in [4.78, 5) is 47.6. The minimum atomic E-state index is -0.453. The number of amides is 4. The molecule has 31 heavy (non-hydrogen) atoms. The Labute approximate surface area is 189 Å². The van der Waals surface area contributed by atoms with Gasteiger partial charge in [-0.15, -0.1) is 11.3 Å². The number of aryl methyl sites for hydroxylation is 1. The average molecular weight is 460 g/mol. The fourth-order valence-corrected chi connectivity index (χ4v) is 5.40. The summed E-state index contributed by atoms with van der Waals surface area (Å²) in [7, 11) is 0. The number of nitrogens with one attached hydrogen (secondary N) is 1. The van der Waals surface area contributed by atoms with Gasteiger partial charge in [0.05, 0.1) is 0 Å². The van der Waals surface area contributed by atoms with Gasteiger partial charge in [-0.2, -0.15) is 0 Å². The number of hydrogen-bond acceptors (Lipinski definition) is 6. The highest BCUT2D eigenvalue weighted by molar-refractivity contribution is 8.01. The van der Waals surface area contributed by atoms with E-state index in [4.69, 9.17) is 0 Å². The molecule has 164 valence electrons. The first-order chi connectivity index (χ1) is 15.0. The molecular formula is C21H25N5O3S2. The molecule has 4 amide bonds. The fraction of sp³-hybridized carbons (Fsp3) is 0.429. The first-order valence-electron chi connectivity index (χ1n) is 10.3. The van der Waals surface area contributed by atoms with Crippen molar-refractivity contribution >= 4 is 46.6 Å². The lowest BCUT2D eigenvalue weighted by Crippen LogP contribution is -2.54. The van der Waals surface area contributed by atoms with Gasteiger partial charge >= 0.3 is 17.8 Å². The molecule has 0 bridgehead atoms. The van der Waals surface area contributed by atoms with E-state index in [0.717, 1.165) is 27.8 Å². The van der Waals surface area contributed by atoms with Crippen molar-refractivity contribution in [2.24, 2.45) is 0 Å². The average Bonchev–Trinajstić information content (AvgIpc) is 3.46. The van der Waals surface area contributed by atoms with Crippen LogP contribution >= 0.6 is 23.1 Å². The van der Waals surface area contributed by atoms with Crippen LogP contribution in [0.2, 0.25) is 0 Å². The molecule has 2 aliphatic rings. The van der Waals surface area contributed by atoms with E-state index in [1.54, 1.807) is 37.8 Å². The Bertz CT molecular complexity index is 948. The molecule has 0 unspecified atom stereocenters. The lowest BCUT2D eigenvalue weighted by Gasteiger charge is -2.34. The first-order valence-corrected chi connectivity index (χ1v) is 12.0. The van der Waals surface area contributed by atoms with E-state index < -0.39 is 11.8 Å². The van der Waals surface area contributed by atoms with Gasteiger partial charge in [-0.05, 0) is 44.0 Å². The van der Waals surface area contributed by atoms with Crippen molar-refractivity contribution in [1.29, 1.82) is 0 Å². The maximum atomic E-state index is 12.6. The number of urea groups is 1. The van der Waals surface area contributed by atoms with Crippen LogP contribution in [-0.2, 0) is 9.59 Å². The molecule has 0 spiro atoms. The van der Waals surface area contributed by atoms with Crippen molar-refractivity contribution in [2.75, 3.05) is 44.6 Å². The summed E-state index contributed by atoms with van der Waals surface area (Å²) in [6.07, 6.45) is 1.91. The topological polar surface area (TPSA) is 85.8 Å². The lowest BCUT2D eigenvalue weighted by atomic mass is 10.3. The molecule has 2 fully saturated rings. The third-order valence-electron chi connectivity index (χ3n) is 5.34. The number of likely N-dealkylation sites (tertiary alicyclic amines) is 1. The second kappa shape index (κ2) is 9.69. The summed E-state index contributed by atoms with van der Waals surface area (Å²) >= 11 is 3.21. The summed E-state index contributed by atoms with van der Waals surface area (Å²) < 4.78 is 0.991. The van der Waals surface area contributed by atoms with Crippen LogP contribution in [0, 0.1) is 6.92 Å². The molecule has 10 heteroatoms. The van der Waals surface area contributed by atoms with E-state index in [9.17, 15) is 14.4 Å². The molecule has 2 aromatic rings. The first kappa shape index (κ1) is 21.6. The second-order valence-electron chi connectivity index (χ2n) is 7.59. The van der Waals surface area contributed by atoms with Crippen LogP contribution in [0.15, 0.2) is 38.9 Å². The third-order valence-corrected chi connectivity index (χ3v) is 7.40. The molecule has 0 atom stereocenters. The smallest absolute Gasteiger partial charge is 0.321 e. The maximum absolute atomic E-state index is 12.6. The molecule has 2 saturated heterocycles. The Kier molecular flexibility index (Phi) is 6.77. The van der Waals surface area contributed by atoms with Gasteiger partial charge < -0.3 is 20.0 Å². The zero-order valence-electron chi connectivity index (χ0n) is 17.4. The van der Waals surface area contributed by atoms with E-state index in [-0.39, 0.29) is 6.03 Å². The van der Waals surface area contributed by atoms with Gasteiger partial charge in [0.25, 0.3) is 0 Å². The predicted molar refractivity (Wildman–Crippen MR) is 120 cm³/mol. The molecule has 3 heterocycles. The van der Waals surface area contributed by atoms with Crippen molar-refractivity contribution < 1.29 is 14.4 Å². The van der Waals surface area contributed by atoms with Gasteiger partial charge in [0, 0.05) is 60.9 Å². The molecule has 0 radical (unpaired) electrons. The van der Waals surface area contributed by atoms with Crippen LogP contribution in [-0.4, -0.2) is 76.8 Å². The van der Waals surface area contributed by atoms with Crippen LogP contribution in [0.4, 0.5) is 10.5 Å². The Hall–Kier alpha value is -2.59. The zero-order chi connectivity index (χ0) is 21.8. The van der Waals surface area contributed by atoms with Crippen LogP contribution in [0.5, 0.6) is 0 Å². The summed E-state index contributed by atoms with van der Waals surface area (Å²) in [5.74, 6) is -0.869. The van der Waals surface area contributed by atoms with Gasteiger partial charge in [0.1, 0.15) is 0 Å². The minimum absolute atomic E-state index is 0.200. The largest absolute Gasteiger partial charge is 0.334 e. The minimum Gasteiger partial charge on any atom is -0.334 e. The monoisotopic (exact) mass is 459 g/mol. The highest BCUT2D eigenvalue weighted by Crippen LogP contribution is 2.30. The number of carbonyl (C=O) groups excluding carboxylic acids is 3. The van der Waals surface area contributed by atoms with E-state index in [2.05, 4.69) is 10.3 Å². The number of thiazole rings is 1. The number of anilines is 1. The van der Waals surface area contributed by atoms with Gasteiger partial charge in [-0.1, -0.05) is 11.8 Å². The number of rotatable bonds is 3. The van der Waals surface area contributed by atoms with Crippen LogP contribution in [0.1, 0.15) is 18.5 Å². The normalized spacial score (nSPS) is 16.5. The molecular weight excluding hydrogens is 434 g/mol. The van der Waals surface area contributed by atoms with Gasteiger partial charge in [-0.25, -0.2) is 9.78 Å². The number of aromatic nitrogens is 1. The van der Waals surface area contributed by atoms with Gasteiger partial charge in [0.15, 0.2) is 4.34 Å². The van der Waals surface area contributed by atoms with Crippen molar-refractivity contribution in [3.05, 3.63) is 35.3 Å². The fourth-order valence-electron chi connectivity index (χ4n) is 3.59. The number of carbonyl (C=O) groups is 3. The van der Waals surface area contributed by atoms with E-state index in [1.807, 2.05) is 36.6 Å². The van der Waals surface area contributed by atoms with Crippen molar-refractivity contribution in [1.82, 2.24) is 19.7 Å². The van der Waals surface area contributed by atoms with Crippen LogP contribution < -0.4 is 5.32 Å². The predicted octanol–water partition coefficient (Wildman–Crippen LogP) is 2.90. The van der Waals surface area contributed by atoms with Gasteiger partial charge in [-0.3, -0.25) is 9.59 Å². The standard InChI is InChI=1S/C21H25N5O3S2/c1-15-14-30-21(22-15)31-17-6-4-16(5-7-17)23-20(29)26-12-10-25(11-13-26)19(28)18(27)24-8-2-3-9-24/h4-7,14H,2-3,8-13H2,1H3,(H,23,29). The van der Waals surface area contributed by atoms with E-state index in [0.29, 0.717) is 45.0 Å². The molecule has 1 aromatic carbocycles. The van der Waals surface area contributed by atoms with Crippen molar-refractivity contribution in [3.8, 4) is 0 Å². The Morgan fingerprint density at radius 3 is 2.06 bits per heavy atom. The molecule has 4 rings (SSSR count). The van der Waals surface area contributed by atoms with Gasteiger partial charge in [0.2, 0.25) is 0 Å². The second-order valence-corrected chi connectivity index (χ2v) is 9.77. The summed E-state index contributed by atoms with van der Waals surface area (Å²) in [6, 6.07) is 7.45. The van der Waals surface area contributed by atoms with Crippen molar-refractivity contribution in [3.63, 3.8) is 0 Å². The molecule has 0 aliphatic carbocycles. The van der Waals surface area contributed by atoms with E-state index in [1.165, 1.54) is 0 Å². The van der Waals surface area contributed by atoms with E-state index >= 15 is 0 Å². The van der Waals surface area contributed by atoms with Crippen LogP contribution in [0.25, 0.3) is 0 Å².